The van der Waals surface area contributed by atoms with E-state index < -0.39 is 0 Å². The van der Waals surface area contributed by atoms with Crippen molar-refractivity contribution in [3.8, 4) is 23.1 Å². The van der Waals surface area contributed by atoms with Crippen molar-refractivity contribution in [2.75, 3.05) is 19.0 Å². The van der Waals surface area contributed by atoms with Gasteiger partial charge in [-0.15, -0.1) is 0 Å². The number of aryl methyl sites for hydroxylation is 1. The summed E-state index contributed by atoms with van der Waals surface area (Å²) >= 11 is 0. The molecule has 1 amide bonds. The SMILES string of the molecule is COc1cc(C(=O)N2CC3CCC2C3N)cc2nc(-c3cc4ccc(Nc5cc(O)ncn5)nc4n3CC3CC3)n(C)c12. The van der Waals surface area contributed by atoms with Gasteiger partial charge in [0, 0.05) is 49.2 Å². The maximum absolute atomic E-state index is 13.7. The molecule has 1 aromatic carbocycles. The normalized spacial score (nSPS) is 21.3. The number of nitrogens with two attached hydrogens (primary N) is 1. The van der Waals surface area contributed by atoms with E-state index in [0.29, 0.717) is 46.8 Å². The van der Waals surface area contributed by atoms with Crippen LogP contribution in [0.2, 0.25) is 0 Å². The molecule has 3 aliphatic rings. The summed E-state index contributed by atoms with van der Waals surface area (Å²) in [6.45, 7) is 1.54. The van der Waals surface area contributed by atoms with Crippen LogP contribution in [0.3, 0.4) is 0 Å². The first-order valence-corrected chi connectivity index (χ1v) is 14.8. The van der Waals surface area contributed by atoms with E-state index in [0.717, 1.165) is 47.5 Å². The van der Waals surface area contributed by atoms with E-state index in [1.807, 2.05) is 40.8 Å². The average Bonchev–Trinajstić information content (AvgIpc) is 3.41. The van der Waals surface area contributed by atoms with Crippen LogP contribution in [0.4, 0.5) is 11.6 Å². The number of fused-ring (bicyclic) bond motifs is 4. The fourth-order valence-corrected chi connectivity index (χ4v) is 6.94. The molecule has 5 aromatic rings. The third kappa shape index (κ3) is 4.27. The van der Waals surface area contributed by atoms with Gasteiger partial charge < -0.3 is 34.9 Å². The Bertz CT molecular complexity index is 1910. The number of nitrogens with one attached hydrogen (secondary N) is 1. The maximum atomic E-state index is 13.7. The number of anilines is 2. The lowest BCUT2D eigenvalue weighted by atomic mass is 10.1. The number of hydrogen-bond donors (Lipinski definition) is 3. The van der Waals surface area contributed by atoms with Crippen molar-refractivity contribution in [3.63, 3.8) is 0 Å². The quantitative estimate of drug-likeness (QED) is 0.262. The van der Waals surface area contributed by atoms with Crippen LogP contribution < -0.4 is 15.8 Å². The van der Waals surface area contributed by atoms with Gasteiger partial charge in [0.25, 0.3) is 5.91 Å². The first kappa shape index (κ1) is 26.0. The summed E-state index contributed by atoms with van der Waals surface area (Å²) in [6, 6.07) is 11.4. The summed E-state index contributed by atoms with van der Waals surface area (Å²) in [5.74, 6) is 3.28. The molecule has 4 N–H and O–H groups in total. The van der Waals surface area contributed by atoms with Gasteiger partial charge in [-0.25, -0.2) is 19.9 Å². The minimum atomic E-state index is -0.114. The molecule has 1 saturated heterocycles. The van der Waals surface area contributed by atoms with Crippen LogP contribution in [0.15, 0.2) is 42.7 Å². The number of pyridine rings is 1. The molecule has 12 heteroatoms. The van der Waals surface area contributed by atoms with Gasteiger partial charge >= 0.3 is 0 Å². The molecule has 3 fully saturated rings. The van der Waals surface area contributed by atoms with Crippen LogP contribution in [0.25, 0.3) is 33.6 Å². The molecule has 0 radical (unpaired) electrons. The Morgan fingerprint density at radius 1 is 1.09 bits per heavy atom. The van der Waals surface area contributed by atoms with Crippen LogP contribution in [0, 0.1) is 11.8 Å². The number of carbonyl (C=O) groups excluding carboxylic acids is 1. The Hall–Kier alpha value is -4.71. The minimum Gasteiger partial charge on any atom is -0.494 e. The summed E-state index contributed by atoms with van der Waals surface area (Å²) in [5, 5.41) is 13.9. The molecule has 0 spiro atoms. The second-order valence-corrected chi connectivity index (χ2v) is 12.1. The number of aromatic nitrogens is 6. The molecule has 2 bridgehead atoms. The Morgan fingerprint density at radius 3 is 2.67 bits per heavy atom. The molecule has 3 unspecified atom stereocenters. The van der Waals surface area contributed by atoms with Crippen molar-refractivity contribution in [1.29, 1.82) is 0 Å². The number of likely N-dealkylation sites (tertiary alicyclic amines) is 1. The predicted molar refractivity (Wildman–Crippen MR) is 161 cm³/mol. The van der Waals surface area contributed by atoms with Gasteiger partial charge in [0.2, 0.25) is 5.88 Å². The van der Waals surface area contributed by atoms with Gasteiger partial charge in [0.1, 0.15) is 34.9 Å². The van der Waals surface area contributed by atoms with Crippen molar-refractivity contribution < 1.29 is 14.6 Å². The highest BCUT2D eigenvalue weighted by molar-refractivity contribution is 6.00. The van der Waals surface area contributed by atoms with Crippen LogP contribution >= 0.6 is 0 Å². The summed E-state index contributed by atoms with van der Waals surface area (Å²) in [4.78, 5) is 33.6. The zero-order chi connectivity index (χ0) is 29.4. The summed E-state index contributed by atoms with van der Waals surface area (Å²) in [5.41, 5.74) is 10.3. The Balaban J connectivity index is 1.21. The predicted octanol–water partition coefficient (Wildman–Crippen LogP) is 3.81. The number of nitrogens with zero attached hydrogens (tertiary/aromatic N) is 7. The fourth-order valence-electron chi connectivity index (χ4n) is 6.94. The number of carbonyl (C=O) groups is 1. The van der Waals surface area contributed by atoms with E-state index in [1.165, 1.54) is 25.2 Å². The van der Waals surface area contributed by atoms with Gasteiger partial charge in [-0.1, -0.05) is 0 Å². The van der Waals surface area contributed by atoms with Gasteiger partial charge in [-0.3, -0.25) is 4.79 Å². The number of hydrogen-bond acceptors (Lipinski definition) is 9. The van der Waals surface area contributed by atoms with Crippen molar-refractivity contribution >= 4 is 39.6 Å². The molecule has 8 rings (SSSR count). The van der Waals surface area contributed by atoms with E-state index in [2.05, 4.69) is 25.9 Å². The molecule has 2 aliphatic carbocycles. The van der Waals surface area contributed by atoms with Crippen LogP contribution in [-0.2, 0) is 13.6 Å². The molecular formula is C31H33N9O3. The highest BCUT2D eigenvalue weighted by Gasteiger charge is 2.47. The van der Waals surface area contributed by atoms with Crippen molar-refractivity contribution in [2.24, 2.45) is 24.6 Å². The third-order valence-corrected chi connectivity index (χ3v) is 9.33. The average molecular weight is 580 g/mol. The molecule has 3 atom stereocenters. The van der Waals surface area contributed by atoms with Crippen molar-refractivity contribution in [2.45, 2.75) is 44.3 Å². The van der Waals surface area contributed by atoms with Crippen LogP contribution in [0.1, 0.15) is 36.0 Å². The number of aromatic hydroxyl groups is 1. The van der Waals surface area contributed by atoms with Crippen molar-refractivity contribution in [1.82, 2.24) is 34.0 Å². The molecule has 5 heterocycles. The lowest BCUT2D eigenvalue weighted by Gasteiger charge is -2.27. The highest BCUT2D eigenvalue weighted by atomic mass is 16.5. The number of amides is 1. The second-order valence-electron chi connectivity index (χ2n) is 12.1. The largest absolute Gasteiger partial charge is 0.494 e. The molecule has 43 heavy (non-hydrogen) atoms. The Morgan fingerprint density at radius 2 is 1.95 bits per heavy atom. The van der Waals surface area contributed by atoms with Crippen molar-refractivity contribution in [3.05, 3.63) is 48.3 Å². The first-order chi connectivity index (χ1) is 20.9. The summed E-state index contributed by atoms with van der Waals surface area (Å²) < 4.78 is 10.1. The molecular weight excluding hydrogens is 546 g/mol. The Kier molecular flexibility index (Phi) is 5.83. The van der Waals surface area contributed by atoms with Crippen LogP contribution in [-0.4, -0.2) is 70.7 Å². The van der Waals surface area contributed by atoms with E-state index in [-0.39, 0.29) is 23.9 Å². The van der Waals surface area contributed by atoms with E-state index >= 15 is 0 Å². The number of imidazole rings is 1. The smallest absolute Gasteiger partial charge is 0.254 e. The maximum Gasteiger partial charge on any atom is 0.254 e. The van der Waals surface area contributed by atoms with Gasteiger partial charge in [0.05, 0.1) is 18.3 Å². The minimum absolute atomic E-state index is 0.0147. The van der Waals surface area contributed by atoms with Gasteiger partial charge in [-0.05, 0) is 67.9 Å². The first-order valence-electron chi connectivity index (χ1n) is 14.8. The zero-order valence-electron chi connectivity index (χ0n) is 24.1. The number of ether oxygens (including phenoxy) is 1. The Labute approximate surface area is 247 Å². The van der Waals surface area contributed by atoms with E-state index in [9.17, 15) is 9.90 Å². The van der Waals surface area contributed by atoms with Gasteiger partial charge in [-0.2, -0.15) is 0 Å². The number of rotatable bonds is 7. The number of piperidine rings is 1. The van der Waals surface area contributed by atoms with E-state index in [1.54, 1.807) is 7.11 Å². The molecule has 4 aromatic heterocycles. The lowest BCUT2D eigenvalue weighted by molar-refractivity contribution is 0.0700. The highest BCUT2D eigenvalue weighted by Crippen LogP contribution is 2.40. The topological polar surface area (TPSA) is 149 Å². The number of benzene rings is 1. The molecule has 220 valence electrons. The lowest BCUT2D eigenvalue weighted by Crippen LogP contribution is -2.41. The summed E-state index contributed by atoms with van der Waals surface area (Å²) in [6.07, 6.45) is 5.71. The summed E-state index contributed by atoms with van der Waals surface area (Å²) in [7, 11) is 3.61. The third-order valence-electron chi connectivity index (χ3n) is 9.33. The second kappa shape index (κ2) is 9.66. The van der Waals surface area contributed by atoms with Crippen LogP contribution in [0.5, 0.6) is 11.6 Å². The van der Waals surface area contributed by atoms with Gasteiger partial charge in [0.15, 0.2) is 5.82 Å². The molecule has 2 saturated carbocycles. The number of methoxy groups -OCH3 is 1. The fraction of sp³-hybridized carbons (Fsp3) is 0.387. The molecule has 12 nitrogen and oxygen atoms in total. The van der Waals surface area contributed by atoms with E-state index in [4.69, 9.17) is 20.4 Å². The monoisotopic (exact) mass is 579 g/mol. The zero-order valence-corrected chi connectivity index (χ0v) is 24.1. The molecule has 1 aliphatic heterocycles. The standard InChI is InChI=1S/C31H33N9O3/c1-38-28-20(9-19(11-23(28)43-2)31(42)40-14-18-5-7-21(40)27(18)32)35-30(38)22-10-17-6-8-24(36-25-12-26(41)34-15-33-25)37-29(17)39(22)13-16-3-4-16/h6,8-12,15-16,18,21,27H,3-5,7,13-14,32H2,1-2H3,(H2,33,34,36,37,41).